The zero-order valence-corrected chi connectivity index (χ0v) is 11.4. The van der Waals surface area contributed by atoms with Crippen LogP contribution in [0.4, 0.5) is 0 Å². The number of fused-ring (bicyclic) bond motifs is 1. The number of rotatable bonds is 3. The van der Waals surface area contributed by atoms with Crippen molar-refractivity contribution in [3.63, 3.8) is 0 Å². The zero-order chi connectivity index (χ0) is 12.5. The summed E-state index contributed by atoms with van der Waals surface area (Å²) in [6.45, 7) is 5.85. The Labute approximate surface area is 112 Å². The number of aromatic nitrogens is 2. The number of hydrogen-bond acceptors (Lipinski definition) is 2. The standard InChI is InChI=1S/C14H18ClN3/c1-2-17-6-5-11(8-17)7-13-10-18-9-12(15)3-4-14(18)16-13/h3-4,9-11H,2,5-8H2,1H3. The van der Waals surface area contributed by atoms with Gasteiger partial charge in [0.15, 0.2) is 0 Å². The maximum absolute atomic E-state index is 5.98. The summed E-state index contributed by atoms with van der Waals surface area (Å²) in [5.41, 5.74) is 2.17. The second-order valence-corrected chi connectivity index (χ2v) is 5.53. The molecule has 18 heavy (non-hydrogen) atoms. The molecule has 0 aliphatic carbocycles. The van der Waals surface area contributed by atoms with Crippen LogP contribution < -0.4 is 0 Å². The fourth-order valence-corrected chi connectivity index (χ4v) is 2.95. The average molecular weight is 264 g/mol. The summed E-state index contributed by atoms with van der Waals surface area (Å²) in [7, 11) is 0. The van der Waals surface area contributed by atoms with Crippen LogP contribution in [0.3, 0.4) is 0 Å². The number of likely N-dealkylation sites (tertiary alicyclic amines) is 1. The lowest BCUT2D eigenvalue weighted by atomic mass is 10.0. The minimum Gasteiger partial charge on any atom is -0.305 e. The zero-order valence-electron chi connectivity index (χ0n) is 10.6. The number of imidazole rings is 1. The Balaban J connectivity index is 1.75. The van der Waals surface area contributed by atoms with E-state index in [0.717, 1.165) is 29.6 Å². The van der Waals surface area contributed by atoms with Crippen LogP contribution in [-0.2, 0) is 6.42 Å². The number of hydrogen-bond donors (Lipinski definition) is 0. The van der Waals surface area contributed by atoms with Crippen LogP contribution in [0.25, 0.3) is 5.65 Å². The third-order valence-electron chi connectivity index (χ3n) is 3.78. The first-order chi connectivity index (χ1) is 8.74. The van der Waals surface area contributed by atoms with Crippen LogP contribution in [0.5, 0.6) is 0 Å². The fraction of sp³-hybridized carbons (Fsp3) is 0.500. The Morgan fingerprint density at radius 1 is 1.39 bits per heavy atom. The lowest BCUT2D eigenvalue weighted by Gasteiger charge is -2.11. The Morgan fingerprint density at radius 3 is 3.06 bits per heavy atom. The molecule has 1 atom stereocenters. The van der Waals surface area contributed by atoms with Crippen molar-refractivity contribution >= 4 is 17.2 Å². The molecular formula is C14H18ClN3. The van der Waals surface area contributed by atoms with Crippen LogP contribution in [0.1, 0.15) is 19.0 Å². The molecule has 0 amide bonds. The smallest absolute Gasteiger partial charge is 0.137 e. The molecule has 1 unspecified atom stereocenters. The molecule has 3 nitrogen and oxygen atoms in total. The first-order valence-electron chi connectivity index (χ1n) is 6.60. The highest BCUT2D eigenvalue weighted by Gasteiger charge is 2.22. The predicted molar refractivity (Wildman–Crippen MR) is 74.1 cm³/mol. The number of nitrogens with zero attached hydrogens (tertiary/aromatic N) is 3. The van der Waals surface area contributed by atoms with Gasteiger partial charge in [-0.05, 0) is 44.0 Å². The third kappa shape index (κ3) is 2.38. The molecule has 1 fully saturated rings. The summed E-state index contributed by atoms with van der Waals surface area (Å²) < 4.78 is 2.02. The van der Waals surface area contributed by atoms with Gasteiger partial charge in [0.1, 0.15) is 5.65 Å². The Kier molecular flexibility index (Phi) is 3.27. The molecular weight excluding hydrogens is 246 g/mol. The first-order valence-corrected chi connectivity index (χ1v) is 6.98. The second-order valence-electron chi connectivity index (χ2n) is 5.10. The van der Waals surface area contributed by atoms with Crippen molar-refractivity contribution < 1.29 is 0 Å². The van der Waals surface area contributed by atoms with Crippen LogP contribution >= 0.6 is 11.6 Å². The molecule has 4 heteroatoms. The van der Waals surface area contributed by atoms with E-state index >= 15 is 0 Å². The monoisotopic (exact) mass is 263 g/mol. The van der Waals surface area contributed by atoms with Crippen molar-refractivity contribution in [2.45, 2.75) is 19.8 Å². The van der Waals surface area contributed by atoms with Crippen LogP contribution in [0.15, 0.2) is 24.5 Å². The van der Waals surface area contributed by atoms with Gasteiger partial charge in [0, 0.05) is 18.9 Å². The van der Waals surface area contributed by atoms with Crippen molar-refractivity contribution in [3.8, 4) is 0 Å². The summed E-state index contributed by atoms with van der Waals surface area (Å²) in [6, 6.07) is 3.86. The van der Waals surface area contributed by atoms with Crippen molar-refractivity contribution in [2.24, 2.45) is 5.92 Å². The minimum absolute atomic E-state index is 0.754. The van der Waals surface area contributed by atoms with Gasteiger partial charge in [0.2, 0.25) is 0 Å². The van der Waals surface area contributed by atoms with E-state index in [0.29, 0.717) is 0 Å². The van der Waals surface area contributed by atoms with Gasteiger partial charge in [0.05, 0.1) is 10.7 Å². The van der Waals surface area contributed by atoms with E-state index in [9.17, 15) is 0 Å². The normalized spacial score (nSPS) is 20.9. The predicted octanol–water partition coefficient (Wildman–Crippen LogP) is 2.87. The Bertz CT molecular complexity index is 549. The Morgan fingerprint density at radius 2 is 2.28 bits per heavy atom. The molecule has 0 radical (unpaired) electrons. The summed E-state index contributed by atoms with van der Waals surface area (Å²) in [5.74, 6) is 0.755. The lowest BCUT2D eigenvalue weighted by molar-refractivity contribution is 0.341. The largest absolute Gasteiger partial charge is 0.305 e. The van der Waals surface area contributed by atoms with Crippen LogP contribution in [-0.4, -0.2) is 33.9 Å². The molecule has 0 N–H and O–H groups in total. The highest BCUT2D eigenvalue weighted by Crippen LogP contribution is 2.21. The molecule has 1 aliphatic heterocycles. The maximum Gasteiger partial charge on any atom is 0.137 e. The second kappa shape index (κ2) is 4.90. The molecule has 0 aromatic carbocycles. The fourth-order valence-electron chi connectivity index (χ4n) is 2.78. The summed E-state index contributed by atoms with van der Waals surface area (Å²) in [6.07, 6.45) is 6.40. The summed E-state index contributed by atoms with van der Waals surface area (Å²) >= 11 is 5.98. The SMILES string of the molecule is CCN1CCC(Cc2cn3cc(Cl)ccc3n2)C1. The highest BCUT2D eigenvalue weighted by molar-refractivity contribution is 6.30. The van der Waals surface area contributed by atoms with E-state index in [1.165, 1.54) is 25.2 Å². The van der Waals surface area contributed by atoms with Gasteiger partial charge < -0.3 is 9.30 Å². The molecule has 3 heterocycles. The topological polar surface area (TPSA) is 20.5 Å². The van der Waals surface area contributed by atoms with Gasteiger partial charge in [-0.3, -0.25) is 0 Å². The number of pyridine rings is 1. The van der Waals surface area contributed by atoms with E-state index in [4.69, 9.17) is 11.6 Å². The Hall–Kier alpha value is -1.06. The van der Waals surface area contributed by atoms with Gasteiger partial charge >= 0.3 is 0 Å². The highest BCUT2D eigenvalue weighted by atomic mass is 35.5. The van der Waals surface area contributed by atoms with E-state index < -0.39 is 0 Å². The van der Waals surface area contributed by atoms with Gasteiger partial charge in [-0.1, -0.05) is 18.5 Å². The first kappa shape index (κ1) is 12.0. The third-order valence-corrected chi connectivity index (χ3v) is 4.00. The molecule has 0 spiro atoms. The average Bonchev–Trinajstić information content (AvgIpc) is 2.95. The molecule has 1 saturated heterocycles. The summed E-state index contributed by atoms with van der Waals surface area (Å²) in [5, 5.41) is 0.754. The minimum atomic E-state index is 0.754. The van der Waals surface area contributed by atoms with Gasteiger partial charge in [-0.15, -0.1) is 0 Å². The van der Waals surface area contributed by atoms with E-state index in [1.807, 2.05) is 22.7 Å². The molecule has 0 saturated carbocycles. The quantitative estimate of drug-likeness (QED) is 0.849. The van der Waals surface area contributed by atoms with Crippen LogP contribution in [0.2, 0.25) is 5.02 Å². The van der Waals surface area contributed by atoms with Crippen molar-refractivity contribution in [2.75, 3.05) is 19.6 Å². The van der Waals surface area contributed by atoms with Crippen LogP contribution in [0, 0.1) is 5.92 Å². The molecule has 1 aliphatic rings. The van der Waals surface area contributed by atoms with Gasteiger partial charge in [-0.2, -0.15) is 0 Å². The van der Waals surface area contributed by atoms with E-state index in [2.05, 4.69) is 23.0 Å². The van der Waals surface area contributed by atoms with E-state index in [-0.39, 0.29) is 0 Å². The molecule has 2 aromatic heterocycles. The maximum atomic E-state index is 5.98. The molecule has 2 aromatic rings. The van der Waals surface area contributed by atoms with Crippen molar-refractivity contribution in [1.82, 2.24) is 14.3 Å². The summed E-state index contributed by atoms with van der Waals surface area (Å²) in [4.78, 5) is 7.17. The van der Waals surface area contributed by atoms with Gasteiger partial charge in [0.25, 0.3) is 0 Å². The number of halogens is 1. The van der Waals surface area contributed by atoms with E-state index in [1.54, 1.807) is 0 Å². The molecule has 96 valence electrons. The lowest BCUT2D eigenvalue weighted by Crippen LogP contribution is -2.20. The van der Waals surface area contributed by atoms with Crippen molar-refractivity contribution in [3.05, 3.63) is 35.2 Å². The van der Waals surface area contributed by atoms with Gasteiger partial charge in [-0.25, -0.2) is 4.98 Å². The molecule has 3 rings (SSSR count). The molecule has 0 bridgehead atoms. The van der Waals surface area contributed by atoms with Crippen molar-refractivity contribution in [1.29, 1.82) is 0 Å².